The summed E-state index contributed by atoms with van der Waals surface area (Å²) in [7, 11) is -0.0921. The first kappa shape index (κ1) is 21.8. The Kier molecular flexibility index (Phi) is 7.41. The average Bonchev–Trinajstić information content (AvgIpc) is 3.13. The SMILES string of the molecule is CNCCN(C)C(=O)c1cccc(S(=O)(=O)N2CCc3sccc3C2)c1.Cl. The highest BCUT2D eigenvalue weighted by atomic mass is 35.5. The Morgan fingerprint density at radius 1 is 1.33 bits per heavy atom. The molecule has 0 fully saturated rings. The molecular weight excluding hydrogens is 406 g/mol. The van der Waals surface area contributed by atoms with E-state index < -0.39 is 10.0 Å². The third kappa shape index (κ3) is 4.70. The fourth-order valence-corrected chi connectivity index (χ4v) is 5.32. The number of thiophene rings is 1. The summed E-state index contributed by atoms with van der Waals surface area (Å²) < 4.78 is 27.6. The number of carbonyl (C=O) groups excluding carboxylic acids is 1. The van der Waals surface area contributed by atoms with Crippen LogP contribution < -0.4 is 5.32 Å². The summed E-state index contributed by atoms with van der Waals surface area (Å²) in [5.41, 5.74) is 1.46. The summed E-state index contributed by atoms with van der Waals surface area (Å²) in [6, 6.07) is 8.31. The third-order valence-electron chi connectivity index (χ3n) is 4.54. The Bertz CT molecular complexity index is 899. The molecule has 27 heavy (non-hydrogen) atoms. The standard InChI is InChI=1S/C18H23N3O3S2.ClH/c1-19-8-10-20(2)18(22)14-4-3-5-16(12-14)26(23,24)21-9-6-17-15(13-21)7-11-25-17;/h3-5,7,11-12,19H,6,8-10,13H2,1-2H3;1H. The largest absolute Gasteiger partial charge is 0.340 e. The maximum atomic E-state index is 13.0. The number of nitrogens with one attached hydrogen (secondary N) is 1. The van der Waals surface area contributed by atoms with E-state index in [4.69, 9.17) is 0 Å². The van der Waals surface area contributed by atoms with Crippen molar-refractivity contribution in [3.63, 3.8) is 0 Å². The predicted molar refractivity (Wildman–Crippen MR) is 110 cm³/mol. The lowest BCUT2D eigenvalue weighted by molar-refractivity contribution is 0.0796. The number of hydrogen-bond donors (Lipinski definition) is 1. The molecule has 0 radical (unpaired) electrons. The molecule has 1 aliphatic rings. The van der Waals surface area contributed by atoms with Gasteiger partial charge in [-0.25, -0.2) is 8.42 Å². The molecule has 2 heterocycles. The predicted octanol–water partition coefficient (Wildman–Crippen LogP) is 2.21. The lowest BCUT2D eigenvalue weighted by atomic mass is 10.1. The summed E-state index contributed by atoms with van der Waals surface area (Å²) >= 11 is 1.67. The van der Waals surface area contributed by atoms with Crippen LogP contribution in [0.1, 0.15) is 20.8 Å². The number of rotatable bonds is 6. The van der Waals surface area contributed by atoms with Gasteiger partial charge in [-0.05, 0) is 48.7 Å². The van der Waals surface area contributed by atoms with Crippen LogP contribution in [-0.4, -0.2) is 57.3 Å². The first-order chi connectivity index (χ1) is 12.4. The number of benzene rings is 1. The molecular formula is C18H24ClN3O3S2. The van der Waals surface area contributed by atoms with Crippen LogP contribution >= 0.6 is 23.7 Å². The Labute approximate surface area is 170 Å². The minimum Gasteiger partial charge on any atom is -0.340 e. The molecule has 3 rings (SSSR count). The second-order valence-electron chi connectivity index (χ2n) is 6.32. The number of likely N-dealkylation sites (N-methyl/N-ethyl adjacent to an activating group) is 2. The molecule has 6 nitrogen and oxygen atoms in total. The van der Waals surface area contributed by atoms with Crippen LogP contribution in [0, 0.1) is 0 Å². The van der Waals surface area contributed by atoms with Gasteiger partial charge in [0, 0.05) is 43.7 Å². The van der Waals surface area contributed by atoms with Gasteiger partial charge in [0.1, 0.15) is 0 Å². The van der Waals surface area contributed by atoms with Gasteiger partial charge in [0.05, 0.1) is 4.90 Å². The topological polar surface area (TPSA) is 69.7 Å². The quantitative estimate of drug-likeness (QED) is 0.764. The molecule has 1 aromatic heterocycles. The van der Waals surface area contributed by atoms with E-state index in [1.165, 1.54) is 15.2 Å². The van der Waals surface area contributed by atoms with E-state index in [0.717, 1.165) is 12.0 Å². The number of sulfonamides is 1. The van der Waals surface area contributed by atoms with Gasteiger partial charge in [-0.15, -0.1) is 23.7 Å². The summed E-state index contributed by atoms with van der Waals surface area (Å²) in [6.07, 6.45) is 0.734. The molecule has 0 unspecified atom stereocenters. The zero-order chi connectivity index (χ0) is 18.7. The highest BCUT2D eigenvalue weighted by Crippen LogP contribution is 2.28. The van der Waals surface area contributed by atoms with Crippen molar-refractivity contribution in [2.75, 3.05) is 33.7 Å². The second-order valence-corrected chi connectivity index (χ2v) is 9.25. The number of hydrogen-bond acceptors (Lipinski definition) is 5. The molecule has 9 heteroatoms. The van der Waals surface area contributed by atoms with E-state index in [0.29, 0.717) is 31.7 Å². The normalized spacial score (nSPS) is 14.3. The number of amides is 1. The smallest absolute Gasteiger partial charge is 0.253 e. The minimum absolute atomic E-state index is 0. The molecule has 0 saturated carbocycles. The van der Waals surface area contributed by atoms with E-state index >= 15 is 0 Å². The van der Waals surface area contributed by atoms with Gasteiger partial charge in [-0.3, -0.25) is 4.79 Å². The van der Waals surface area contributed by atoms with Gasteiger partial charge < -0.3 is 10.2 Å². The number of fused-ring (bicyclic) bond motifs is 1. The van der Waals surface area contributed by atoms with Gasteiger partial charge in [0.25, 0.3) is 5.91 Å². The van der Waals surface area contributed by atoms with Crippen molar-refractivity contribution < 1.29 is 13.2 Å². The van der Waals surface area contributed by atoms with Crippen LogP contribution in [0.15, 0.2) is 40.6 Å². The zero-order valence-electron chi connectivity index (χ0n) is 15.3. The minimum atomic E-state index is -3.63. The monoisotopic (exact) mass is 429 g/mol. The van der Waals surface area contributed by atoms with Crippen LogP contribution in [0.2, 0.25) is 0 Å². The molecule has 148 valence electrons. The first-order valence-electron chi connectivity index (χ1n) is 8.49. The van der Waals surface area contributed by atoms with Crippen molar-refractivity contribution >= 4 is 39.7 Å². The highest BCUT2D eigenvalue weighted by molar-refractivity contribution is 7.89. The molecule has 1 aliphatic heterocycles. The van der Waals surface area contributed by atoms with Crippen molar-refractivity contribution in [3.8, 4) is 0 Å². The number of halogens is 1. The molecule has 0 bridgehead atoms. The Balaban J connectivity index is 0.00000261. The molecule has 0 atom stereocenters. The number of nitrogens with zero attached hydrogens (tertiary/aromatic N) is 2. The van der Waals surface area contributed by atoms with E-state index in [1.807, 2.05) is 18.5 Å². The van der Waals surface area contributed by atoms with Crippen LogP contribution in [0.3, 0.4) is 0 Å². The molecule has 0 spiro atoms. The highest BCUT2D eigenvalue weighted by Gasteiger charge is 2.29. The van der Waals surface area contributed by atoms with E-state index in [-0.39, 0.29) is 23.2 Å². The van der Waals surface area contributed by atoms with Crippen LogP contribution in [-0.2, 0) is 23.0 Å². The first-order valence-corrected chi connectivity index (χ1v) is 10.8. The lowest BCUT2D eigenvalue weighted by Gasteiger charge is -2.26. The molecule has 1 N–H and O–H groups in total. The fraction of sp³-hybridized carbons (Fsp3) is 0.389. The van der Waals surface area contributed by atoms with E-state index in [1.54, 1.807) is 41.5 Å². The molecule has 0 aliphatic carbocycles. The van der Waals surface area contributed by atoms with Crippen LogP contribution in [0.25, 0.3) is 0 Å². The zero-order valence-corrected chi connectivity index (χ0v) is 17.8. The molecule has 1 aromatic carbocycles. The maximum Gasteiger partial charge on any atom is 0.253 e. The van der Waals surface area contributed by atoms with Gasteiger partial charge in [-0.1, -0.05) is 6.07 Å². The Hall–Kier alpha value is -1.45. The fourth-order valence-electron chi connectivity index (χ4n) is 2.97. The van der Waals surface area contributed by atoms with Crippen molar-refractivity contribution in [2.24, 2.45) is 0 Å². The number of carbonyl (C=O) groups is 1. The van der Waals surface area contributed by atoms with Crippen molar-refractivity contribution in [1.29, 1.82) is 0 Å². The van der Waals surface area contributed by atoms with Crippen molar-refractivity contribution in [2.45, 2.75) is 17.9 Å². The van der Waals surface area contributed by atoms with E-state index in [2.05, 4.69) is 5.32 Å². The lowest BCUT2D eigenvalue weighted by Crippen LogP contribution is -2.35. The van der Waals surface area contributed by atoms with Crippen LogP contribution in [0.4, 0.5) is 0 Å². The third-order valence-corrected chi connectivity index (χ3v) is 7.40. The molecule has 1 amide bonds. The van der Waals surface area contributed by atoms with Crippen LogP contribution in [0.5, 0.6) is 0 Å². The Morgan fingerprint density at radius 3 is 2.85 bits per heavy atom. The summed E-state index contributed by atoms with van der Waals surface area (Å²) in [6.45, 7) is 2.09. The van der Waals surface area contributed by atoms with Gasteiger partial charge >= 0.3 is 0 Å². The van der Waals surface area contributed by atoms with Gasteiger partial charge in [0.2, 0.25) is 10.0 Å². The Morgan fingerprint density at radius 2 is 2.11 bits per heavy atom. The summed E-state index contributed by atoms with van der Waals surface area (Å²) in [5.74, 6) is -0.184. The average molecular weight is 430 g/mol. The van der Waals surface area contributed by atoms with E-state index in [9.17, 15) is 13.2 Å². The molecule has 0 saturated heterocycles. The summed E-state index contributed by atoms with van der Waals surface area (Å²) in [4.78, 5) is 15.5. The maximum absolute atomic E-state index is 13.0. The van der Waals surface area contributed by atoms with Gasteiger partial charge in [-0.2, -0.15) is 4.31 Å². The van der Waals surface area contributed by atoms with Crippen molar-refractivity contribution in [1.82, 2.24) is 14.5 Å². The van der Waals surface area contributed by atoms with Crippen molar-refractivity contribution in [3.05, 3.63) is 51.7 Å². The van der Waals surface area contributed by atoms with Gasteiger partial charge in [0.15, 0.2) is 0 Å². The summed E-state index contributed by atoms with van der Waals surface area (Å²) in [5, 5.41) is 4.99. The second kappa shape index (κ2) is 9.16. The molecule has 2 aromatic rings.